The number of hydrogen-bond acceptors (Lipinski definition) is 0. The molecule has 56 valence electrons. The van der Waals surface area contributed by atoms with Crippen LogP contribution < -0.4 is 0 Å². The van der Waals surface area contributed by atoms with Gasteiger partial charge in [-0.15, -0.1) is 0 Å². The van der Waals surface area contributed by atoms with Crippen LogP contribution in [0.2, 0.25) is 0 Å². The Labute approximate surface area is 59.7 Å². The maximum absolute atomic E-state index is 2.34. The Balaban J connectivity index is 3.59. The fraction of sp³-hybridized carbons (Fsp3) is 1.00. The quantitative estimate of drug-likeness (QED) is 0.534. The minimum absolute atomic E-state index is 0.510. The lowest BCUT2D eigenvalue weighted by atomic mass is 9.80. The van der Waals surface area contributed by atoms with Crippen LogP contribution in [-0.4, -0.2) is 0 Å². The van der Waals surface area contributed by atoms with E-state index in [0.717, 1.165) is 5.92 Å². The van der Waals surface area contributed by atoms with Crippen LogP contribution in [0.5, 0.6) is 0 Å². The van der Waals surface area contributed by atoms with Crippen molar-refractivity contribution in [3.8, 4) is 0 Å². The molecular weight excluding hydrogens is 108 g/mol. The molecule has 0 aliphatic carbocycles. The zero-order chi connectivity index (χ0) is 7.49. The van der Waals surface area contributed by atoms with Crippen molar-refractivity contribution in [3.05, 3.63) is 0 Å². The highest BCUT2D eigenvalue weighted by atomic mass is 14.2. The molecule has 1 atom stereocenters. The normalized spacial score (nSPS) is 15.7. The van der Waals surface area contributed by atoms with E-state index in [9.17, 15) is 0 Å². The summed E-state index contributed by atoms with van der Waals surface area (Å²) in [6.07, 6.45) is 2.68. The van der Waals surface area contributed by atoms with E-state index in [0.29, 0.717) is 5.41 Å². The highest BCUT2D eigenvalue weighted by Crippen LogP contribution is 2.28. The summed E-state index contributed by atoms with van der Waals surface area (Å²) in [5.74, 6) is 0.863. The van der Waals surface area contributed by atoms with Crippen molar-refractivity contribution in [1.29, 1.82) is 0 Å². The van der Waals surface area contributed by atoms with E-state index in [1.807, 2.05) is 0 Å². The third-order valence-electron chi connectivity index (χ3n) is 2.20. The second-order valence-electron chi connectivity index (χ2n) is 4.06. The van der Waals surface area contributed by atoms with Gasteiger partial charge in [0, 0.05) is 0 Å². The first-order chi connectivity index (χ1) is 3.98. The molecule has 0 aliphatic heterocycles. The lowest BCUT2D eigenvalue weighted by Gasteiger charge is -2.26. The molecule has 0 aromatic rings. The molecule has 0 spiro atoms. The van der Waals surface area contributed by atoms with Gasteiger partial charge in [-0.1, -0.05) is 47.5 Å². The zero-order valence-electron chi connectivity index (χ0n) is 7.49. The molecule has 0 unspecified atom stereocenters. The monoisotopic (exact) mass is 128 g/mol. The molecule has 0 aromatic heterocycles. The topological polar surface area (TPSA) is 0 Å². The number of rotatable bonds is 2. The van der Waals surface area contributed by atoms with Gasteiger partial charge in [-0.05, 0) is 11.3 Å². The maximum Gasteiger partial charge on any atom is -0.0357 e. The van der Waals surface area contributed by atoms with Gasteiger partial charge < -0.3 is 0 Å². The van der Waals surface area contributed by atoms with Gasteiger partial charge in [-0.3, -0.25) is 0 Å². The van der Waals surface area contributed by atoms with Gasteiger partial charge in [-0.2, -0.15) is 0 Å². The van der Waals surface area contributed by atoms with Gasteiger partial charge in [0.25, 0.3) is 0 Å². The van der Waals surface area contributed by atoms with Crippen LogP contribution in [0, 0.1) is 11.3 Å². The van der Waals surface area contributed by atoms with E-state index >= 15 is 0 Å². The largest absolute Gasteiger partial charge is 0.0654 e. The highest BCUT2D eigenvalue weighted by Gasteiger charge is 2.18. The summed E-state index contributed by atoms with van der Waals surface area (Å²) in [6, 6.07) is 0. The summed E-state index contributed by atoms with van der Waals surface area (Å²) >= 11 is 0. The van der Waals surface area contributed by atoms with Crippen LogP contribution in [0.3, 0.4) is 0 Å². The number of hydrogen-bond donors (Lipinski definition) is 0. The first-order valence-electron chi connectivity index (χ1n) is 3.98. The Morgan fingerprint density at radius 3 is 1.78 bits per heavy atom. The van der Waals surface area contributed by atoms with E-state index in [4.69, 9.17) is 0 Å². The lowest BCUT2D eigenvalue weighted by Crippen LogP contribution is -2.16. The Bertz CT molecular complexity index is 66.6. The van der Waals surface area contributed by atoms with Gasteiger partial charge in [-0.25, -0.2) is 0 Å². The second kappa shape index (κ2) is 3.24. The smallest absolute Gasteiger partial charge is 0.0357 e. The van der Waals surface area contributed by atoms with Crippen LogP contribution >= 0.6 is 0 Å². The van der Waals surface area contributed by atoms with E-state index in [1.54, 1.807) is 0 Å². The second-order valence-corrected chi connectivity index (χ2v) is 4.06. The van der Waals surface area contributed by atoms with E-state index < -0.39 is 0 Å². The molecule has 0 bridgehead atoms. The molecule has 0 saturated heterocycles. The van der Waals surface area contributed by atoms with Crippen molar-refractivity contribution in [1.82, 2.24) is 0 Å². The Hall–Kier alpha value is 0. The first kappa shape index (κ1) is 9.00. The van der Waals surface area contributed by atoms with Gasteiger partial charge in [0.1, 0.15) is 0 Å². The predicted molar refractivity (Wildman–Crippen MR) is 43.5 cm³/mol. The molecule has 0 heterocycles. The Morgan fingerprint density at radius 1 is 1.22 bits per heavy atom. The van der Waals surface area contributed by atoms with Crippen LogP contribution in [0.4, 0.5) is 0 Å². The zero-order valence-corrected chi connectivity index (χ0v) is 7.49. The standard InChI is InChI=1S/C9H20/c1-6-7-8(2)9(3,4)5/h8H,6-7H2,1-5H3/t8-/m1/s1. The molecule has 0 N–H and O–H groups in total. The van der Waals surface area contributed by atoms with E-state index in [1.165, 1.54) is 12.8 Å². The molecule has 0 fully saturated rings. The van der Waals surface area contributed by atoms with Gasteiger partial charge in [0.15, 0.2) is 0 Å². The maximum atomic E-state index is 2.34. The van der Waals surface area contributed by atoms with Crippen molar-refractivity contribution in [2.45, 2.75) is 47.5 Å². The van der Waals surface area contributed by atoms with Crippen LogP contribution in [0.1, 0.15) is 47.5 Å². The molecule has 0 aliphatic rings. The molecule has 9 heavy (non-hydrogen) atoms. The van der Waals surface area contributed by atoms with Crippen LogP contribution in [-0.2, 0) is 0 Å². The summed E-state index contributed by atoms with van der Waals surface area (Å²) in [5.41, 5.74) is 0.510. The summed E-state index contributed by atoms with van der Waals surface area (Å²) in [4.78, 5) is 0. The van der Waals surface area contributed by atoms with E-state index in [-0.39, 0.29) is 0 Å². The molecule has 0 nitrogen and oxygen atoms in total. The van der Waals surface area contributed by atoms with Crippen molar-refractivity contribution >= 4 is 0 Å². The Morgan fingerprint density at radius 2 is 1.67 bits per heavy atom. The molecule has 0 heteroatoms. The van der Waals surface area contributed by atoms with Crippen molar-refractivity contribution in [2.75, 3.05) is 0 Å². The Kier molecular flexibility index (Phi) is 3.24. The van der Waals surface area contributed by atoms with E-state index in [2.05, 4.69) is 34.6 Å². The average molecular weight is 128 g/mol. The SMILES string of the molecule is CCC[C@@H](C)C(C)(C)C. The fourth-order valence-electron chi connectivity index (χ4n) is 0.866. The highest BCUT2D eigenvalue weighted by molar-refractivity contribution is 4.68. The van der Waals surface area contributed by atoms with Gasteiger partial charge >= 0.3 is 0 Å². The van der Waals surface area contributed by atoms with Crippen molar-refractivity contribution in [2.24, 2.45) is 11.3 Å². The van der Waals surface area contributed by atoms with Crippen molar-refractivity contribution in [3.63, 3.8) is 0 Å². The summed E-state index contributed by atoms with van der Waals surface area (Å²) in [6.45, 7) is 11.5. The minimum Gasteiger partial charge on any atom is -0.0654 e. The third-order valence-corrected chi connectivity index (χ3v) is 2.20. The molecule has 0 saturated carbocycles. The summed E-state index contributed by atoms with van der Waals surface area (Å²) < 4.78 is 0. The third kappa shape index (κ3) is 3.56. The fourth-order valence-corrected chi connectivity index (χ4v) is 0.866. The minimum atomic E-state index is 0.510. The summed E-state index contributed by atoms with van der Waals surface area (Å²) in [5, 5.41) is 0. The predicted octanol–water partition coefficient (Wildman–Crippen LogP) is 3.47. The van der Waals surface area contributed by atoms with Gasteiger partial charge in [0.05, 0.1) is 0 Å². The van der Waals surface area contributed by atoms with Crippen molar-refractivity contribution < 1.29 is 0 Å². The van der Waals surface area contributed by atoms with Crippen LogP contribution in [0.15, 0.2) is 0 Å². The molecule has 0 rings (SSSR count). The molecule has 0 aromatic carbocycles. The van der Waals surface area contributed by atoms with Crippen LogP contribution in [0.25, 0.3) is 0 Å². The van der Waals surface area contributed by atoms with Gasteiger partial charge in [0.2, 0.25) is 0 Å². The molecule has 0 radical (unpaired) electrons. The lowest BCUT2D eigenvalue weighted by molar-refractivity contribution is 0.245. The molecule has 0 amide bonds. The summed E-state index contributed by atoms with van der Waals surface area (Å²) in [7, 11) is 0. The average Bonchev–Trinajstić information content (AvgIpc) is 1.64. The first-order valence-corrected chi connectivity index (χ1v) is 3.98. The molecular formula is C9H20.